The van der Waals surface area contributed by atoms with Crippen molar-refractivity contribution in [2.75, 3.05) is 0 Å². The molecule has 0 aromatic heterocycles. The molecule has 0 spiro atoms. The van der Waals surface area contributed by atoms with Crippen LogP contribution in [-0.2, 0) is 14.0 Å². The monoisotopic (exact) mass is 300 g/mol. The average molecular weight is 301 g/mol. The third-order valence-electron chi connectivity index (χ3n) is 4.84. The van der Waals surface area contributed by atoms with Crippen molar-refractivity contribution in [2.24, 2.45) is 0 Å². The zero-order chi connectivity index (χ0) is 14.9. The van der Waals surface area contributed by atoms with Crippen LogP contribution in [0.15, 0.2) is 12.7 Å². The summed E-state index contributed by atoms with van der Waals surface area (Å²) in [5.74, 6) is -0.349. The van der Waals surface area contributed by atoms with E-state index in [0.29, 0.717) is 0 Å². The van der Waals surface area contributed by atoms with Crippen LogP contribution in [0.5, 0.6) is 0 Å². The van der Waals surface area contributed by atoms with E-state index >= 15 is 0 Å². The molecule has 0 aromatic carbocycles. The lowest BCUT2D eigenvalue weighted by Crippen LogP contribution is -2.67. The van der Waals surface area contributed by atoms with Gasteiger partial charge in [0.05, 0.1) is 13.2 Å². The van der Waals surface area contributed by atoms with Crippen LogP contribution >= 0.6 is 0 Å². The van der Waals surface area contributed by atoms with E-state index in [1.807, 2.05) is 6.92 Å². The fraction of sp³-hybridized carbons (Fsp3) is 0.786. The molecule has 0 saturated carbocycles. The van der Waals surface area contributed by atoms with E-state index in [1.54, 1.807) is 0 Å². The van der Waals surface area contributed by atoms with Crippen LogP contribution in [0.4, 0.5) is 0 Å². The van der Waals surface area contributed by atoms with Gasteiger partial charge in [-0.2, -0.15) is 0 Å². The summed E-state index contributed by atoms with van der Waals surface area (Å²) >= 11 is 0. The lowest BCUT2D eigenvalue weighted by atomic mass is 9.94. The van der Waals surface area contributed by atoms with Crippen LogP contribution in [0.2, 0.25) is 32.2 Å². The first kappa shape index (κ1) is 16.7. The predicted molar refractivity (Wildman–Crippen MR) is 84.2 cm³/mol. The standard InChI is InChI=1S/C14H28O3Si2/c1-8-12(16-13(15)9-2)14(3)10-11-18(4,5)19(6,7)17-14/h9,12H,2,8,10-11H2,1,3-7H3. The molecule has 2 atom stereocenters. The lowest BCUT2D eigenvalue weighted by molar-refractivity contribution is -0.156. The van der Waals surface area contributed by atoms with Gasteiger partial charge in [0.2, 0.25) is 0 Å². The zero-order valence-corrected chi connectivity index (χ0v) is 15.2. The summed E-state index contributed by atoms with van der Waals surface area (Å²) in [7, 11) is -2.93. The summed E-state index contributed by atoms with van der Waals surface area (Å²) in [6, 6.07) is 1.25. The first-order valence-electron chi connectivity index (χ1n) is 7.11. The molecule has 0 bridgehead atoms. The number of esters is 1. The first-order chi connectivity index (χ1) is 8.58. The van der Waals surface area contributed by atoms with Gasteiger partial charge in [0.15, 0.2) is 7.83 Å². The second kappa shape index (κ2) is 5.54. The Hall–Kier alpha value is -0.396. The summed E-state index contributed by atoms with van der Waals surface area (Å²) in [4.78, 5) is 11.5. The van der Waals surface area contributed by atoms with Gasteiger partial charge in [-0.15, -0.1) is 0 Å². The molecule has 0 aliphatic carbocycles. The number of carbonyl (C=O) groups excluding carboxylic acids is 1. The van der Waals surface area contributed by atoms with E-state index < -0.39 is 15.4 Å². The van der Waals surface area contributed by atoms with E-state index in [0.717, 1.165) is 12.8 Å². The topological polar surface area (TPSA) is 35.5 Å². The number of hydrogen-bond acceptors (Lipinski definition) is 3. The van der Waals surface area contributed by atoms with Crippen molar-refractivity contribution in [3.8, 4) is 0 Å². The number of ether oxygens (including phenoxy) is 1. The maximum absolute atomic E-state index is 11.5. The van der Waals surface area contributed by atoms with E-state index in [4.69, 9.17) is 9.16 Å². The van der Waals surface area contributed by atoms with Crippen molar-refractivity contribution in [1.82, 2.24) is 0 Å². The molecule has 1 saturated heterocycles. The highest BCUT2D eigenvalue weighted by Gasteiger charge is 2.54. The minimum atomic E-state index is -1.67. The Morgan fingerprint density at radius 1 is 1.47 bits per heavy atom. The van der Waals surface area contributed by atoms with Crippen LogP contribution in [0.1, 0.15) is 26.7 Å². The Morgan fingerprint density at radius 2 is 2.05 bits per heavy atom. The maximum Gasteiger partial charge on any atom is 0.330 e. The van der Waals surface area contributed by atoms with Crippen molar-refractivity contribution >= 4 is 21.4 Å². The molecule has 19 heavy (non-hydrogen) atoms. The smallest absolute Gasteiger partial charge is 0.330 e. The van der Waals surface area contributed by atoms with Gasteiger partial charge in [-0.25, -0.2) is 4.79 Å². The summed E-state index contributed by atoms with van der Waals surface area (Å²) in [6.45, 7) is 17.1. The van der Waals surface area contributed by atoms with Crippen LogP contribution in [0, 0.1) is 0 Å². The van der Waals surface area contributed by atoms with E-state index in [-0.39, 0.29) is 17.7 Å². The van der Waals surface area contributed by atoms with Gasteiger partial charge in [-0.05, 0) is 32.9 Å². The molecule has 5 heteroatoms. The molecular formula is C14H28O3Si2. The molecule has 0 radical (unpaired) electrons. The van der Waals surface area contributed by atoms with Gasteiger partial charge in [0.25, 0.3) is 0 Å². The van der Waals surface area contributed by atoms with Crippen LogP contribution in [0.25, 0.3) is 0 Å². The fourth-order valence-corrected chi connectivity index (χ4v) is 9.80. The summed E-state index contributed by atoms with van der Waals surface area (Å²) in [5, 5.41) is 0. The van der Waals surface area contributed by atoms with Gasteiger partial charge in [-0.3, -0.25) is 0 Å². The molecule has 3 nitrogen and oxygen atoms in total. The second-order valence-corrected chi connectivity index (χ2v) is 22.0. The van der Waals surface area contributed by atoms with Gasteiger partial charge in [-0.1, -0.05) is 32.6 Å². The minimum Gasteiger partial charge on any atom is -0.456 e. The summed E-state index contributed by atoms with van der Waals surface area (Å²) < 4.78 is 12.1. The SMILES string of the molecule is C=CC(=O)OC(CC)C1(C)CC[Si](C)(C)[Si](C)(C)O1. The zero-order valence-electron chi connectivity index (χ0n) is 13.2. The van der Waals surface area contributed by atoms with Gasteiger partial charge in [0, 0.05) is 6.08 Å². The molecule has 0 aromatic rings. The van der Waals surface area contributed by atoms with Gasteiger partial charge in [0.1, 0.15) is 6.10 Å². The summed E-state index contributed by atoms with van der Waals surface area (Å²) in [6.07, 6.45) is 2.83. The van der Waals surface area contributed by atoms with E-state index in [9.17, 15) is 4.79 Å². The molecule has 1 rings (SSSR count). The van der Waals surface area contributed by atoms with Gasteiger partial charge >= 0.3 is 5.97 Å². The molecular weight excluding hydrogens is 272 g/mol. The number of rotatable bonds is 4. The largest absolute Gasteiger partial charge is 0.456 e. The van der Waals surface area contributed by atoms with Crippen molar-refractivity contribution in [1.29, 1.82) is 0 Å². The molecule has 1 fully saturated rings. The predicted octanol–water partition coefficient (Wildman–Crippen LogP) is 3.67. The molecule has 0 N–H and O–H groups in total. The fourth-order valence-electron chi connectivity index (χ4n) is 2.69. The number of carbonyl (C=O) groups is 1. The third kappa shape index (κ3) is 3.38. The summed E-state index contributed by atoms with van der Waals surface area (Å²) in [5.41, 5.74) is -0.328. The molecule has 1 aliphatic heterocycles. The molecule has 110 valence electrons. The molecule has 1 aliphatic rings. The van der Waals surface area contributed by atoms with E-state index in [2.05, 4.69) is 39.7 Å². The quantitative estimate of drug-likeness (QED) is 0.451. The Bertz CT molecular complexity index is 366. The Morgan fingerprint density at radius 3 is 2.47 bits per heavy atom. The van der Waals surface area contributed by atoms with Crippen molar-refractivity contribution in [2.45, 2.75) is 70.6 Å². The molecule has 1 heterocycles. The van der Waals surface area contributed by atoms with Crippen molar-refractivity contribution in [3.63, 3.8) is 0 Å². The number of hydrogen-bond donors (Lipinski definition) is 0. The molecule has 0 amide bonds. The molecule has 2 unspecified atom stereocenters. The highest BCUT2D eigenvalue weighted by Crippen LogP contribution is 2.41. The van der Waals surface area contributed by atoms with Gasteiger partial charge < -0.3 is 9.16 Å². The third-order valence-corrected chi connectivity index (χ3v) is 21.4. The maximum atomic E-state index is 11.5. The highest BCUT2D eigenvalue weighted by atomic mass is 29.3. The minimum absolute atomic E-state index is 0.171. The lowest BCUT2D eigenvalue weighted by Gasteiger charge is -2.52. The van der Waals surface area contributed by atoms with Crippen molar-refractivity contribution < 1.29 is 14.0 Å². The Kier molecular flexibility index (Phi) is 4.85. The van der Waals surface area contributed by atoms with Crippen molar-refractivity contribution in [3.05, 3.63) is 12.7 Å². The first-order valence-corrected chi connectivity index (χ1v) is 14.2. The second-order valence-electron chi connectivity index (χ2n) is 6.85. The van der Waals surface area contributed by atoms with Crippen LogP contribution < -0.4 is 0 Å². The average Bonchev–Trinajstić information content (AvgIpc) is 2.31. The highest BCUT2D eigenvalue weighted by molar-refractivity contribution is 7.38. The Balaban J connectivity index is 2.91. The van der Waals surface area contributed by atoms with Crippen LogP contribution in [-0.4, -0.2) is 33.1 Å². The normalized spacial score (nSPS) is 30.4. The van der Waals surface area contributed by atoms with E-state index in [1.165, 1.54) is 12.1 Å². The van der Waals surface area contributed by atoms with Crippen LogP contribution in [0.3, 0.4) is 0 Å². The Labute approximate surface area is 119 Å².